The largest absolute Gasteiger partial charge is 0.490 e. The second kappa shape index (κ2) is 6.00. The Kier molecular flexibility index (Phi) is 3.92. The maximum absolute atomic E-state index is 12.1. The summed E-state index contributed by atoms with van der Waals surface area (Å²) in [6.07, 6.45) is 0.865. The lowest BCUT2D eigenvalue weighted by Gasteiger charge is -2.27. The van der Waals surface area contributed by atoms with Crippen LogP contribution in [-0.4, -0.2) is 50.4 Å². The van der Waals surface area contributed by atoms with Crippen LogP contribution in [0, 0.1) is 0 Å². The molecule has 0 atom stereocenters. The molecule has 20 heavy (non-hydrogen) atoms. The van der Waals surface area contributed by atoms with E-state index in [1.54, 1.807) is 11.0 Å². The van der Waals surface area contributed by atoms with Crippen molar-refractivity contribution in [2.24, 2.45) is 0 Å². The molecule has 1 fully saturated rings. The van der Waals surface area contributed by atoms with Crippen molar-refractivity contribution in [3.63, 3.8) is 0 Å². The van der Waals surface area contributed by atoms with Crippen molar-refractivity contribution in [2.45, 2.75) is 6.42 Å². The summed E-state index contributed by atoms with van der Waals surface area (Å²) < 4.78 is 16.4. The Morgan fingerprint density at radius 3 is 2.60 bits per heavy atom. The van der Waals surface area contributed by atoms with E-state index >= 15 is 0 Å². The third-order valence-electron chi connectivity index (χ3n) is 3.30. The molecule has 2 amide bonds. The van der Waals surface area contributed by atoms with E-state index < -0.39 is 0 Å². The van der Waals surface area contributed by atoms with Crippen LogP contribution < -0.4 is 14.8 Å². The van der Waals surface area contributed by atoms with E-state index in [1.165, 1.54) is 0 Å². The molecule has 6 heteroatoms. The predicted molar refractivity (Wildman–Crippen MR) is 73.5 cm³/mol. The molecule has 0 spiro atoms. The van der Waals surface area contributed by atoms with Gasteiger partial charge in [-0.1, -0.05) is 0 Å². The van der Waals surface area contributed by atoms with E-state index in [0.29, 0.717) is 51.0 Å². The fourth-order valence-corrected chi connectivity index (χ4v) is 2.21. The topological polar surface area (TPSA) is 60.0 Å². The van der Waals surface area contributed by atoms with Crippen molar-refractivity contribution in [3.05, 3.63) is 18.2 Å². The molecule has 0 bridgehead atoms. The molecule has 0 radical (unpaired) electrons. The number of hydrogen-bond acceptors (Lipinski definition) is 4. The van der Waals surface area contributed by atoms with Gasteiger partial charge in [0.1, 0.15) is 0 Å². The van der Waals surface area contributed by atoms with Crippen LogP contribution in [0.25, 0.3) is 0 Å². The van der Waals surface area contributed by atoms with Crippen molar-refractivity contribution in [1.29, 1.82) is 0 Å². The maximum atomic E-state index is 12.1. The van der Waals surface area contributed by atoms with Crippen LogP contribution >= 0.6 is 0 Å². The number of carbonyl (C=O) groups excluding carboxylic acids is 1. The summed E-state index contributed by atoms with van der Waals surface area (Å²) in [7, 11) is 0. The smallest absolute Gasteiger partial charge is 0.322 e. The molecule has 3 rings (SSSR count). The highest BCUT2D eigenvalue weighted by Gasteiger charge is 2.18. The van der Waals surface area contributed by atoms with Crippen LogP contribution in [0.5, 0.6) is 11.5 Å². The Labute approximate surface area is 117 Å². The Morgan fingerprint density at radius 2 is 1.80 bits per heavy atom. The molecule has 0 aromatic heterocycles. The lowest BCUT2D eigenvalue weighted by molar-refractivity contribution is 0.0564. The van der Waals surface area contributed by atoms with Gasteiger partial charge in [0.2, 0.25) is 0 Å². The second-order valence-corrected chi connectivity index (χ2v) is 4.74. The highest BCUT2D eigenvalue weighted by Crippen LogP contribution is 2.32. The lowest BCUT2D eigenvalue weighted by Crippen LogP contribution is -2.43. The third kappa shape index (κ3) is 2.96. The van der Waals surface area contributed by atoms with Gasteiger partial charge in [0, 0.05) is 31.3 Å². The average molecular weight is 278 g/mol. The Morgan fingerprint density at radius 1 is 1.05 bits per heavy atom. The van der Waals surface area contributed by atoms with Crippen molar-refractivity contribution < 1.29 is 19.0 Å². The predicted octanol–water partition coefficient (Wildman–Crippen LogP) is 1.71. The van der Waals surface area contributed by atoms with Gasteiger partial charge in [-0.3, -0.25) is 0 Å². The highest BCUT2D eigenvalue weighted by molar-refractivity contribution is 5.89. The van der Waals surface area contributed by atoms with Gasteiger partial charge in [0.25, 0.3) is 0 Å². The number of morpholine rings is 1. The molecule has 0 aliphatic carbocycles. The van der Waals surface area contributed by atoms with Gasteiger partial charge in [0.15, 0.2) is 11.5 Å². The standard InChI is InChI=1S/C14H18N2O4/c17-14(16-4-8-18-9-5-16)15-11-2-3-12-13(10-11)20-7-1-6-19-12/h2-3,10H,1,4-9H2,(H,15,17). The number of amides is 2. The fourth-order valence-electron chi connectivity index (χ4n) is 2.21. The van der Waals surface area contributed by atoms with Crippen LogP contribution in [0.3, 0.4) is 0 Å². The van der Waals surface area contributed by atoms with Crippen molar-refractivity contribution in [2.75, 3.05) is 44.8 Å². The molecule has 2 aliphatic heterocycles. The number of anilines is 1. The minimum atomic E-state index is -0.109. The van der Waals surface area contributed by atoms with Gasteiger partial charge < -0.3 is 24.4 Å². The van der Waals surface area contributed by atoms with Crippen molar-refractivity contribution in [3.8, 4) is 11.5 Å². The summed E-state index contributed by atoms with van der Waals surface area (Å²) in [6, 6.07) is 5.35. The van der Waals surface area contributed by atoms with Crippen LogP contribution in [-0.2, 0) is 4.74 Å². The zero-order valence-electron chi connectivity index (χ0n) is 11.3. The normalized spacial score (nSPS) is 18.3. The fraction of sp³-hybridized carbons (Fsp3) is 0.500. The average Bonchev–Trinajstić information content (AvgIpc) is 2.73. The summed E-state index contributed by atoms with van der Waals surface area (Å²) in [5, 5.41) is 2.88. The second-order valence-electron chi connectivity index (χ2n) is 4.74. The Bertz CT molecular complexity index is 486. The first-order valence-electron chi connectivity index (χ1n) is 6.86. The molecular formula is C14H18N2O4. The molecule has 6 nitrogen and oxygen atoms in total. The number of benzene rings is 1. The number of nitrogens with one attached hydrogen (secondary N) is 1. The summed E-state index contributed by atoms with van der Waals surface area (Å²) in [6.45, 7) is 3.72. The van der Waals surface area contributed by atoms with Crippen molar-refractivity contribution in [1.82, 2.24) is 4.90 Å². The minimum absolute atomic E-state index is 0.109. The van der Waals surface area contributed by atoms with Crippen LogP contribution in [0.1, 0.15) is 6.42 Å². The van der Waals surface area contributed by atoms with E-state index in [0.717, 1.165) is 12.2 Å². The van der Waals surface area contributed by atoms with E-state index in [-0.39, 0.29) is 6.03 Å². The van der Waals surface area contributed by atoms with Gasteiger partial charge in [-0.2, -0.15) is 0 Å². The zero-order valence-corrected chi connectivity index (χ0v) is 11.3. The van der Waals surface area contributed by atoms with E-state index in [1.807, 2.05) is 12.1 Å². The molecule has 0 unspecified atom stereocenters. The first kappa shape index (κ1) is 13.1. The van der Waals surface area contributed by atoms with E-state index in [4.69, 9.17) is 14.2 Å². The molecule has 108 valence electrons. The van der Waals surface area contributed by atoms with Crippen LogP contribution in [0.2, 0.25) is 0 Å². The highest BCUT2D eigenvalue weighted by atomic mass is 16.5. The first-order valence-corrected chi connectivity index (χ1v) is 6.86. The number of urea groups is 1. The molecule has 1 aromatic carbocycles. The molecule has 0 saturated carbocycles. The Hall–Kier alpha value is -1.95. The first-order chi connectivity index (χ1) is 9.83. The summed E-state index contributed by atoms with van der Waals surface area (Å²) >= 11 is 0. The van der Waals surface area contributed by atoms with Gasteiger partial charge in [-0.15, -0.1) is 0 Å². The zero-order chi connectivity index (χ0) is 13.8. The molecule has 2 heterocycles. The monoisotopic (exact) mass is 278 g/mol. The van der Waals surface area contributed by atoms with Gasteiger partial charge in [-0.05, 0) is 12.1 Å². The van der Waals surface area contributed by atoms with Crippen LogP contribution in [0.15, 0.2) is 18.2 Å². The van der Waals surface area contributed by atoms with Gasteiger partial charge >= 0.3 is 6.03 Å². The Balaban J connectivity index is 1.68. The summed E-state index contributed by atoms with van der Waals surface area (Å²) in [5.41, 5.74) is 0.714. The van der Waals surface area contributed by atoms with Crippen LogP contribution in [0.4, 0.5) is 10.5 Å². The molecule has 1 saturated heterocycles. The summed E-state index contributed by atoms with van der Waals surface area (Å²) in [5.74, 6) is 1.41. The van der Waals surface area contributed by atoms with E-state index in [9.17, 15) is 4.79 Å². The number of hydrogen-bond donors (Lipinski definition) is 1. The van der Waals surface area contributed by atoms with Crippen molar-refractivity contribution >= 4 is 11.7 Å². The number of ether oxygens (including phenoxy) is 3. The maximum Gasteiger partial charge on any atom is 0.322 e. The number of rotatable bonds is 1. The number of carbonyl (C=O) groups is 1. The lowest BCUT2D eigenvalue weighted by atomic mass is 10.2. The molecule has 1 aromatic rings. The summed E-state index contributed by atoms with van der Waals surface area (Å²) in [4.78, 5) is 13.8. The quantitative estimate of drug-likeness (QED) is 0.849. The van der Waals surface area contributed by atoms with E-state index in [2.05, 4.69) is 5.32 Å². The molecule has 1 N–H and O–H groups in total. The van der Waals surface area contributed by atoms with Gasteiger partial charge in [0.05, 0.1) is 26.4 Å². The minimum Gasteiger partial charge on any atom is -0.490 e. The SMILES string of the molecule is O=C(Nc1ccc2c(c1)OCCCO2)N1CCOCC1. The molecular weight excluding hydrogens is 260 g/mol. The number of nitrogens with zero attached hydrogens (tertiary/aromatic N) is 1. The number of fused-ring (bicyclic) bond motifs is 1. The molecule has 2 aliphatic rings. The third-order valence-corrected chi connectivity index (χ3v) is 3.30. The van der Waals surface area contributed by atoms with Gasteiger partial charge in [-0.25, -0.2) is 4.79 Å².